The van der Waals surface area contributed by atoms with Crippen LogP contribution in [0.3, 0.4) is 0 Å². The van der Waals surface area contributed by atoms with Crippen LogP contribution in [0.15, 0.2) is 6.07 Å². The van der Waals surface area contributed by atoms with Crippen molar-refractivity contribution >= 4 is 28.6 Å². The van der Waals surface area contributed by atoms with Gasteiger partial charge in [0.05, 0.1) is 5.69 Å². The Kier molecular flexibility index (Phi) is 4.46. The minimum absolute atomic E-state index is 0.0390. The summed E-state index contributed by atoms with van der Waals surface area (Å²) in [5.74, 6) is 1.91. The van der Waals surface area contributed by atoms with E-state index in [0.717, 1.165) is 11.5 Å². The summed E-state index contributed by atoms with van der Waals surface area (Å²) in [6, 6.07) is 2.00. The minimum Gasteiger partial charge on any atom is -0.297 e. The van der Waals surface area contributed by atoms with Crippen molar-refractivity contribution in [2.24, 2.45) is 13.0 Å². The molecule has 1 amide bonds. The number of hydrogen-bond donors (Lipinski definition) is 0. The second kappa shape index (κ2) is 5.83. The lowest BCUT2D eigenvalue weighted by Gasteiger charge is -2.16. The van der Waals surface area contributed by atoms with Crippen LogP contribution in [-0.4, -0.2) is 33.1 Å². The molecule has 1 aliphatic heterocycles. The van der Waals surface area contributed by atoms with Crippen LogP contribution < -0.4 is 4.90 Å². The molecule has 1 atom stereocenters. The standard InChI is InChI=1S/C15H23N3O2S/c1-10(19)21-9-11-6-14(20)18(8-11)13-7-12(15(2,3)4)16-17(13)5/h7,11H,6,8-9H2,1-5H3. The topological polar surface area (TPSA) is 55.2 Å². The summed E-state index contributed by atoms with van der Waals surface area (Å²) in [4.78, 5) is 25.1. The van der Waals surface area contributed by atoms with Crippen LogP contribution in [0.25, 0.3) is 0 Å². The quantitative estimate of drug-likeness (QED) is 0.860. The van der Waals surface area contributed by atoms with Gasteiger partial charge in [-0.3, -0.25) is 19.2 Å². The third-order valence-electron chi connectivity index (χ3n) is 3.63. The zero-order chi connectivity index (χ0) is 15.8. The molecule has 5 nitrogen and oxygen atoms in total. The Bertz CT molecular complexity index is 560. The Labute approximate surface area is 130 Å². The summed E-state index contributed by atoms with van der Waals surface area (Å²) < 4.78 is 1.78. The molecule has 0 aliphatic carbocycles. The Morgan fingerprint density at radius 1 is 1.48 bits per heavy atom. The van der Waals surface area contributed by atoms with Crippen molar-refractivity contribution in [2.75, 3.05) is 17.2 Å². The Morgan fingerprint density at radius 3 is 2.67 bits per heavy atom. The van der Waals surface area contributed by atoms with Crippen LogP contribution in [0.1, 0.15) is 39.8 Å². The molecule has 0 N–H and O–H groups in total. The molecule has 0 aromatic carbocycles. The highest BCUT2D eigenvalue weighted by Crippen LogP contribution is 2.30. The summed E-state index contributed by atoms with van der Waals surface area (Å²) in [6.45, 7) is 8.56. The fourth-order valence-electron chi connectivity index (χ4n) is 2.43. The Morgan fingerprint density at radius 2 is 2.14 bits per heavy atom. The number of anilines is 1. The monoisotopic (exact) mass is 309 g/mol. The van der Waals surface area contributed by atoms with Crippen LogP contribution in [0.2, 0.25) is 0 Å². The third-order valence-corrected chi connectivity index (χ3v) is 4.67. The highest BCUT2D eigenvalue weighted by molar-refractivity contribution is 8.13. The van der Waals surface area contributed by atoms with Gasteiger partial charge in [0.15, 0.2) is 5.12 Å². The van der Waals surface area contributed by atoms with Crippen molar-refractivity contribution in [1.29, 1.82) is 0 Å². The normalized spacial score (nSPS) is 19.4. The molecule has 116 valence electrons. The molecule has 1 fully saturated rings. The van der Waals surface area contributed by atoms with Crippen molar-refractivity contribution in [3.63, 3.8) is 0 Å². The van der Waals surface area contributed by atoms with E-state index in [0.29, 0.717) is 18.7 Å². The lowest BCUT2D eigenvalue weighted by Crippen LogP contribution is -2.26. The van der Waals surface area contributed by atoms with Gasteiger partial charge in [0.1, 0.15) is 5.82 Å². The second-order valence-electron chi connectivity index (χ2n) is 6.64. The molecule has 2 rings (SSSR count). The number of carbonyl (C=O) groups excluding carboxylic acids is 2. The molecule has 6 heteroatoms. The van der Waals surface area contributed by atoms with E-state index in [2.05, 4.69) is 25.9 Å². The van der Waals surface area contributed by atoms with Gasteiger partial charge < -0.3 is 0 Å². The number of aryl methyl sites for hydroxylation is 1. The number of aromatic nitrogens is 2. The first-order chi connectivity index (χ1) is 9.68. The van der Waals surface area contributed by atoms with E-state index in [1.165, 1.54) is 11.8 Å². The molecule has 0 saturated carbocycles. The van der Waals surface area contributed by atoms with Crippen molar-refractivity contribution in [3.05, 3.63) is 11.8 Å². The summed E-state index contributed by atoms with van der Waals surface area (Å²) in [5, 5.41) is 4.63. The van der Waals surface area contributed by atoms with Gasteiger partial charge in [-0.2, -0.15) is 5.10 Å². The highest BCUT2D eigenvalue weighted by Gasteiger charge is 2.33. The SMILES string of the molecule is CC(=O)SCC1CC(=O)N(c2cc(C(C)(C)C)nn2C)C1. The van der Waals surface area contributed by atoms with E-state index < -0.39 is 0 Å². The third kappa shape index (κ3) is 3.67. The molecule has 1 aliphatic rings. The maximum atomic E-state index is 12.2. The molecule has 1 saturated heterocycles. The van der Waals surface area contributed by atoms with E-state index in [9.17, 15) is 9.59 Å². The Hall–Kier alpha value is -1.30. The van der Waals surface area contributed by atoms with Gasteiger partial charge in [0, 0.05) is 44.2 Å². The maximum Gasteiger partial charge on any atom is 0.228 e. The molecule has 2 heterocycles. The fourth-order valence-corrected chi connectivity index (χ4v) is 3.12. The lowest BCUT2D eigenvalue weighted by molar-refractivity contribution is -0.117. The van der Waals surface area contributed by atoms with E-state index in [1.807, 2.05) is 13.1 Å². The van der Waals surface area contributed by atoms with Crippen LogP contribution >= 0.6 is 11.8 Å². The lowest BCUT2D eigenvalue weighted by atomic mass is 9.92. The average Bonchev–Trinajstić information content (AvgIpc) is 2.89. The molecule has 0 radical (unpaired) electrons. The number of amides is 1. The molecular formula is C15H23N3O2S. The molecule has 1 aromatic rings. The van der Waals surface area contributed by atoms with Crippen molar-refractivity contribution < 1.29 is 9.59 Å². The van der Waals surface area contributed by atoms with Crippen molar-refractivity contribution in [3.8, 4) is 0 Å². The van der Waals surface area contributed by atoms with Gasteiger partial charge in [-0.15, -0.1) is 0 Å². The predicted octanol–water partition coefficient (Wildman–Crippen LogP) is 2.35. The molecule has 0 spiro atoms. The summed E-state index contributed by atoms with van der Waals surface area (Å²) in [6.07, 6.45) is 0.510. The molecule has 1 aromatic heterocycles. The average molecular weight is 309 g/mol. The molecule has 0 bridgehead atoms. The Balaban J connectivity index is 2.14. The first kappa shape index (κ1) is 16.1. The first-order valence-corrected chi connectivity index (χ1v) is 8.15. The largest absolute Gasteiger partial charge is 0.297 e. The summed E-state index contributed by atoms with van der Waals surface area (Å²) in [7, 11) is 1.87. The van der Waals surface area contributed by atoms with Gasteiger partial charge in [0.2, 0.25) is 5.91 Å². The second-order valence-corrected chi connectivity index (χ2v) is 7.84. The van der Waals surface area contributed by atoms with Gasteiger partial charge >= 0.3 is 0 Å². The van der Waals surface area contributed by atoms with Crippen molar-refractivity contribution in [2.45, 2.75) is 39.5 Å². The van der Waals surface area contributed by atoms with Gasteiger partial charge in [-0.25, -0.2) is 0 Å². The predicted molar refractivity (Wildman–Crippen MR) is 85.5 cm³/mol. The van der Waals surface area contributed by atoms with E-state index in [4.69, 9.17) is 0 Å². The number of carbonyl (C=O) groups is 2. The fraction of sp³-hybridized carbons (Fsp3) is 0.667. The molecule has 1 unspecified atom stereocenters. The number of thioether (sulfide) groups is 1. The van der Waals surface area contributed by atoms with Gasteiger partial charge in [-0.05, 0) is 5.92 Å². The smallest absolute Gasteiger partial charge is 0.228 e. The first-order valence-electron chi connectivity index (χ1n) is 7.16. The number of hydrogen-bond acceptors (Lipinski definition) is 4. The summed E-state index contributed by atoms with van der Waals surface area (Å²) >= 11 is 1.30. The molecular weight excluding hydrogens is 286 g/mol. The van der Waals surface area contributed by atoms with E-state index in [1.54, 1.807) is 16.5 Å². The maximum absolute atomic E-state index is 12.2. The van der Waals surface area contributed by atoms with E-state index in [-0.39, 0.29) is 22.4 Å². The van der Waals surface area contributed by atoms with Gasteiger partial charge in [-0.1, -0.05) is 32.5 Å². The minimum atomic E-state index is -0.0390. The number of rotatable bonds is 3. The molecule has 21 heavy (non-hydrogen) atoms. The van der Waals surface area contributed by atoms with E-state index >= 15 is 0 Å². The van der Waals surface area contributed by atoms with Crippen LogP contribution in [0, 0.1) is 5.92 Å². The zero-order valence-corrected chi connectivity index (χ0v) is 14.2. The van der Waals surface area contributed by atoms with Gasteiger partial charge in [0.25, 0.3) is 0 Å². The zero-order valence-electron chi connectivity index (χ0n) is 13.3. The summed E-state index contributed by atoms with van der Waals surface area (Å²) in [5.41, 5.74) is 0.942. The van der Waals surface area contributed by atoms with Crippen LogP contribution in [0.5, 0.6) is 0 Å². The number of nitrogens with zero attached hydrogens (tertiary/aromatic N) is 3. The van der Waals surface area contributed by atoms with Crippen molar-refractivity contribution in [1.82, 2.24) is 9.78 Å². The van der Waals surface area contributed by atoms with Crippen LogP contribution in [-0.2, 0) is 22.1 Å². The van der Waals surface area contributed by atoms with Crippen LogP contribution in [0.4, 0.5) is 5.82 Å². The highest BCUT2D eigenvalue weighted by atomic mass is 32.2.